The first-order valence-corrected chi connectivity index (χ1v) is 6.89. The summed E-state index contributed by atoms with van der Waals surface area (Å²) in [5.41, 5.74) is 0. The first-order chi connectivity index (χ1) is 8.22. The molecule has 2 rings (SSSR count). The molecule has 0 aromatic rings. The van der Waals surface area contributed by atoms with Crippen LogP contribution in [0.4, 0.5) is 0 Å². The van der Waals surface area contributed by atoms with Gasteiger partial charge in [-0.1, -0.05) is 13.3 Å². The van der Waals surface area contributed by atoms with Crippen LogP contribution >= 0.6 is 0 Å². The summed E-state index contributed by atoms with van der Waals surface area (Å²) in [6.07, 6.45) is 7.28. The highest BCUT2D eigenvalue weighted by Crippen LogP contribution is 2.49. The van der Waals surface area contributed by atoms with Crippen LogP contribution in [0.3, 0.4) is 0 Å². The number of nitrogens with zero attached hydrogens (tertiary/aromatic N) is 1. The van der Waals surface area contributed by atoms with Crippen LogP contribution in [0.15, 0.2) is 0 Å². The first kappa shape index (κ1) is 12.4. The Hall–Kier alpha value is -1.04. The van der Waals surface area contributed by atoms with E-state index in [1.807, 2.05) is 6.92 Å². The fraction of sp³-hybridized carbons (Fsp3) is 0.857. The summed E-state index contributed by atoms with van der Waals surface area (Å²) in [5, 5.41) is 11.6. The summed E-state index contributed by atoms with van der Waals surface area (Å²) in [7, 11) is 0. The van der Waals surface area contributed by atoms with E-state index in [0.717, 1.165) is 18.3 Å². The van der Waals surface area contributed by atoms with Crippen LogP contribution in [0.5, 0.6) is 0 Å². The number of carbonyl (C=O) groups is 1. The molecule has 2 aliphatic carbocycles. The molecule has 0 spiro atoms. The van der Waals surface area contributed by atoms with Gasteiger partial charge in [0.1, 0.15) is 0 Å². The third-order valence-electron chi connectivity index (χ3n) is 4.53. The Balaban J connectivity index is 1.76. The van der Waals surface area contributed by atoms with Crippen LogP contribution < -0.4 is 5.32 Å². The predicted molar refractivity (Wildman–Crippen MR) is 66.0 cm³/mol. The van der Waals surface area contributed by atoms with Crippen LogP contribution in [0.25, 0.3) is 0 Å². The fourth-order valence-electron chi connectivity index (χ4n) is 3.56. The van der Waals surface area contributed by atoms with E-state index < -0.39 is 0 Å². The van der Waals surface area contributed by atoms with Crippen molar-refractivity contribution >= 4 is 5.91 Å². The highest BCUT2D eigenvalue weighted by atomic mass is 16.1. The molecule has 1 amide bonds. The van der Waals surface area contributed by atoms with Crippen molar-refractivity contribution in [3.63, 3.8) is 0 Å². The molecule has 3 heteroatoms. The van der Waals surface area contributed by atoms with Crippen LogP contribution in [0.1, 0.15) is 51.9 Å². The Kier molecular flexibility index (Phi) is 4.04. The van der Waals surface area contributed by atoms with Gasteiger partial charge in [-0.3, -0.25) is 4.79 Å². The molecule has 3 nitrogen and oxygen atoms in total. The topological polar surface area (TPSA) is 52.9 Å². The van der Waals surface area contributed by atoms with Gasteiger partial charge in [-0.2, -0.15) is 5.26 Å². The van der Waals surface area contributed by atoms with Gasteiger partial charge in [0, 0.05) is 12.5 Å². The number of nitrogens with one attached hydrogen (secondary N) is 1. The van der Waals surface area contributed by atoms with Gasteiger partial charge in [0.15, 0.2) is 0 Å². The zero-order chi connectivity index (χ0) is 12.3. The summed E-state index contributed by atoms with van der Waals surface area (Å²) in [5.74, 6) is 2.48. The lowest BCUT2D eigenvalue weighted by molar-refractivity contribution is -0.123. The second-order valence-corrected chi connectivity index (χ2v) is 5.67. The average molecular weight is 234 g/mol. The first-order valence-electron chi connectivity index (χ1n) is 6.89. The summed E-state index contributed by atoms with van der Waals surface area (Å²) < 4.78 is 0. The second kappa shape index (κ2) is 5.53. The van der Waals surface area contributed by atoms with Crippen molar-refractivity contribution < 1.29 is 4.79 Å². The maximum atomic E-state index is 11.9. The summed E-state index contributed by atoms with van der Waals surface area (Å²) in [4.78, 5) is 11.9. The van der Waals surface area contributed by atoms with Crippen molar-refractivity contribution in [3.05, 3.63) is 0 Å². The minimum atomic E-state index is 0.0473. The fourth-order valence-corrected chi connectivity index (χ4v) is 3.56. The zero-order valence-corrected chi connectivity index (χ0v) is 10.6. The molecule has 0 heterocycles. The van der Waals surface area contributed by atoms with E-state index >= 15 is 0 Å². The molecule has 17 heavy (non-hydrogen) atoms. The third-order valence-corrected chi connectivity index (χ3v) is 4.53. The molecule has 0 saturated heterocycles. The standard InChI is InChI=1S/C14H22N2O/c1-2-13(5-6-15)16-14(17)9-12-8-10-3-4-11(12)7-10/h10-13H,2-5,7-9H2,1H3,(H,16,17). The molecule has 0 aromatic carbocycles. The van der Waals surface area contributed by atoms with E-state index in [9.17, 15) is 4.79 Å². The largest absolute Gasteiger partial charge is 0.352 e. The highest BCUT2D eigenvalue weighted by Gasteiger charge is 2.40. The number of amides is 1. The molecule has 94 valence electrons. The Morgan fingerprint density at radius 1 is 1.47 bits per heavy atom. The lowest BCUT2D eigenvalue weighted by Gasteiger charge is -2.22. The zero-order valence-electron chi connectivity index (χ0n) is 10.6. The van der Waals surface area contributed by atoms with Gasteiger partial charge in [0.05, 0.1) is 12.5 Å². The lowest BCUT2D eigenvalue weighted by atomic mass is 9.86. The molecule has 4 atom stereocenters. The number of carbonyl (C=O) groups excluding carboxylic acids is 1. The Morgan fingerprint density at radius 2 is 2.29 bits per heavy atom. The lowest BCUT2D eigenvalue weighted by Crippen LogP contribution is -2.35. The summed E-state index contributed by atoms with van der Waals surface area (Å²) in [6, 6.07) is 2.18. The van der Waals surface area contributed by atoms with Crippen molar-refractivity contribution in [1.82, 2.24) is 5.32 Å². The van der Waals surface area contributed by atoms with Gasteiger partial charge in [-0.05, 0) is 43.4 Å². The maximum absolute atomic E-state index is 11.9. The average Bonchev–Trinajstić information content (AvgIpc) is 2.90. The van der Waals surface area contributed by atoms with Crippen LogP contribution in [-0.2, 0) is 4.79 Å². The Labute approximate surface area is 104 Å². The molecule has 0 radical (unpaired) electrons. The number of hydrogen-bond donors (Lipinski definition) is 1. The van der Waals surface area contributed by atoms with E-state index in [2.05, 4.69) is 11.4 Å². The molecule has 2 saturated carbocycles. The molecule has 0 aromatic heterocycles. The van der Waals surface area contributed by atoms with Crippen LogP contribution in [0, 0.1) is 29.1 Å². The minimum absolute atomic E-state index is 0.0473. The quantitative estimate of drug-likeness (QED) is 0.795. The van der Waals surface area contributed by atoms with E-state index in [1.165, 1.54) is 25.7 Å². The van der Waals surface area contributed by atoms with Gasteiger partial charge in [-0.15, -0.1) is 0 Å². The van der Waals surface area contributed by atoms with Crippen molar-refractivity contribution in [1.29, 1.82) is 5.26 Å². The molecule has 1 N–H and O–H groups in total. The van der Waals surface area contributed by atoms with Gasteiger partial charge in [0.2, 0.25) is 5.91 Å². The van der Waals surface area contributed by atoms with Crippen molar-refractivity contribution in [2.75, 3.05) is 0 Å². The van der Waals surface area contributed by atoms with Gasteiger partial charge in [0.25, 0.3) is 0 Å². The van der Waals surface area contributed by atoms with Gasteiger partial charge < -0.3 is 5.32 Å². The number of hydrogen-bond acceptors (Lipinski definition) is 2. The number of fused-ring (bicyclic) bond motifs is 2. The van der Waals surface area contributed by atoms with Crippen LogP contribution in [-0.4, -0.2) is 11.9 Å². The van der Waals surface area contributed by atoms with Crippen molar-refractivity contribution in [2.24, 2.45) is 17.8 Å². The smallest absolute Gasteiger partial charge is 0.220 e. The van der Waals surface area contributed by atoms with Crippen molar-refractivity contribution in [3.8, 4) is 6.07 Å². The van der Waals surface area contributed by atoms with E-state index in [1.54, 1.807) is 0 Å². The molecule has 2 aliphatic rings. The van der Waals surface area contributed by atoms with E-state index in [-0.39, 0.29) is 11.9 Å². The molecular weight excluding hydrogens is 212 g/mol. The van der Waals surface area contributed by atoms with Crippen molar-refractivity contribution in [2.45, 2.75) is 57.9 Å². The summed E-state index contributed by atoms with van der Waals surface area (Å²) >= 11 is 0. The van der Waals surface area contributed by atoms with E-state index in [4.69, 9.17) is 5.26 Å². The molecule has 4 unspecified atom stereocenters. The van der Waals surface area contributed by atoms with Crippen LogP contribution in [0.2, 0.25) is 0 Å². The van der Waals surface area contributed by atoms with Gasteiger partial charge in [-0.25, -0.2) is 0 Å². The Morgan fingerprint density at radius 3 is 2.82 bits per heavy atom. The monoisotopic (exact) mass is 234 g/mol. The van der Waals surface area contributed by atoms with E-state index in [0.29, 0.717) is 18.8 Å². The summed E-state index contributed by atoms with van der Waals surface area (Å²) in [6.45, 7) is 2.01. The molecule has 2 bridgehead atoms. The Bertz CT molecular complexity index is 321. The molecule has 2 fully saturated rings. The maximum Gasteiger partial charge on any atom is 0.220 e. The minimum Gasteiger partial charge on any atom is -0.352 e. The number of nitriles is 1. The third kappa shape index (κ3) is 3.00. The number of rotatable bonds is 5. The SMILES string of the molecule is CCC(CC#N)NC(=O)CC1CC2CCC1C2. The normalized spacial score (nSPS) is 32.1. The molecular formula is C14H22N2O. The second-order valence-electron chi connectivity index (χ2n) is 5.67. The predicted octanol–water partition coefficient (Wildman–Crippen LogP) is 2.62. The molecule has 0 aliphatic heterocycles. The van der Waals surface area contributed by atoms with Gasteiger partial charge >= 0.3 is 0 Å². The highest BCUT2D eigenvalue weighted by molar-refractivity contribution is 5.76.